The van der Waals surface area contributed by atoms with Crippen molar-refractivity contribution < 1.29 is 14.7 Å². The summed E-state index contributed by atoms with van der Waals surface area (Å²) in [5.41, 5.74) is 0.792. The van der Waals surface area contributed by atoms with Crippen LogP contribution in [0.5, 0.6) is 0 Å². The molecular formula is C14H18BrNO3S. The van der Waals surface area contributed by atoms with E-state index in [1.54, 1.807) is 11.8 Å². The first-order chi connectivity index (χ1) is 9.43. The van der Waals surface area contributed by atoms with E-state index in [0.29, 0.717) is 5.75 Å². The number of hydrogen-bond donors (Lipinski definition) is 2. The van der Waals surface area contributed by atoms with Gasteiger partial charge >= 0.3 is 5.97 Å². The van der Waals surface area contributed by atoms with Crippen LogP contribution in [0.3, 0.4) is 0 Å². The van der Waals surface area contributed by atoms with E-state index in [1.807, 2.05) is 37.4 Å². The third-order valence-electron chi connectivity index (χ3n) is 2.83. The van der Waals surface area contributed by atoms with Gasteiger partial charge in [0, 0.05) is 16.1 Å². The average molecular weight is 360 g/mol. The van der Waals surface area contributed by atoms with E-state index < -0.39 is 12.0 Å². The molecule has 0 spiro atoms. The molecule has 0 radical (unpaired) electrons. The molecule has 20 heavy (non-hydrogen) atoms. The largest absolute Gasteiger partial charge is 0.481 e. The Kier molecular flexibility index (Phi) is 7.09. The molecule has 0 aliphatic rings. The maximum absolute atomic E-state index is 12.0. The maximum atomic E-state index is 12.0. The summed E-state index contributed by atoms with van der Waals surface area (Å²) in [4.78, 5) is 23.0. The summed E-state index contributed by atoms with van der Waals surface area (Å²) in [7, 11) is 0. The highest BCUT2D eigenvalue weighted by molar-refractivity contribution is 9.10. The number of aliphatic carboxylic acids is 1. The first-order valence-electron chi connectivity index (χ1n) is 6.20. The van der Waals surface area contributed by atoms with Crippen LogP contribution in [0.4, 0.5) is 0 Å². The smallest absolute Gasteiger partial charge is 0.305 e. The zero-order valence-electron chi connectivity index (χ0n) is 11.4. The minimum Gasteiger partial charge on any atom is -0.481 e. The quantitative estimate of drug-likeness (QED) is 0.784. The van der Waals surface area contributed by atoms with E-state index in [4.69, 9.17) is 5.11 Å². The Bertz CT molecular complexity index is 464. The number of amides is 1. The molecule has 0 aliphatic heterocycles. The number of carbonyl (C=O) groups excluding carboxylic acids is 1. The van der Waals surface area contributed by atoms with Crippen molar-refractivity contribution in [3.05, 3.63) is 34.3 Å². The lowest BCUT2D eigenvalue weighted by atomic mass is 10.0. The van der Waals surface area contributed by atoms with Crippen molar-refractivity contribution in [2.75, 3.05) is 12.0 Å². The zero-order valence-corrected chi connectivity index (χ0v) is 13.8. The summed E-state index contributed by atoms with van der Waals surface area (Å²) in [6.45, 7) is 1.84. The number of benzene rings is 1. The van der Waals surface area contributed by atoms with Crippen molar-refractivity contribution in [2.24, 2.45) is 5.92 Å². The van der Waals surface area contributed by atoms with Crippen LogP contribution in [-0.2, 0) is 9.59 Å². The topological polar surface area (TPSA) is 66.4 Å². The second-order valence-corrected chi connectivity index (χ2v) is 6.39. The van der Waals surface area contributed by atoms with E-state index in [9.17, 15) is 9.59 Å². The molecule has 6 heteroatoms. The Morgan fingerprint density at radius 3 is 2.45 bits per heavy atom. The molecule has 110 valence electrons. The molecule has 0 unspecified atom stereocenters. The Hall–Kier alpha value is -1.01. The van der Waals surface area contributed by atoms with Gasteiger partial charge in [0.15, 0.2) is 0 Å². The molecule has 0 saturated carbocycles. The first-order valence-corrected chi connectivity index (χ1v) is 8.39. The van der Waals surface area contributed by atoms with Gasteiger partial charge in [-0.2, -0.15) is 11.8 Å². The molecule has 0 aromatic heterocycles. The fourth-order valence-electron chi connectivity index (χ4n) is 1.76. The summed E-state index contributed by atoms with van der Waals surface area (Å²) in [6, 6.07) is 6.80. The SMILES string of the molecule is CSC[C@H](C)C(=O)N[C@@H](CC(=O)O)c1ccc(Br)cc1. The fraction of sp³-hybridized carbons (Fsp3) is 0.429. The maximum Gasteiger partial charge on any atom is 0.305 e. The standard InChI is InChI=1S/C14H18BrNO3S/c1-9(8-20-2)14(19)16-12(7-13(17)18)10-3-5-11(15)6-4-10/h3-6,9,12H,7-8H2,1-2H3,(H,16,19)(H,17,18)/t9-,12-/m0/s1. The van der Waals surface area contributed by atoms with Crippen LogP contribution in [0.25, 0.3) is 0 Å². The van der Waals surface area contributed by atoms with Gasteiger partial charge in [-0.05, 0) is 24.0 Å². The van der Waals surface area contributed by atoms with Crippen LogP contribution in [0.2, 0.25) is 0 Å². The molecule has 4 nitrogen and oxygen atoms in total. The van der Waals surface area contributed by atoms with Crippen molar-refractivity contribution in [2.45, 2.75) is 19.4 Å². The highest BCUT2D eigenvalue weighted by atomic mass is 79.9. The number of nitrogens with one attached hydrogen (secondary N) is 1. The second kappa shape index (κ2) is 8.32. The predicted molar refractivity (Wildman–Crippen MR) is 84.8 cm³/mol. The molecule has 0 saturated heterocycles. The molecule has 1 aromatic rings. The summed E-state index contributed by atoms with van der Waals surface area (Å²) >= 11 is 4.93. The summed E-state index contributed by atoms with van der Waals surface area (Å²) in [6.07, 6.45) is 1.81. The lowest BCUT2D eigenvalue weighted by Gasteiger charge is -2.20. The lowest BCUT2D eigenvalue weighted by Crippen LogP contribution is -2.34. The number of halogens is 1. The van der Waals surface area contributed by atoms with Gasteiger partial charge in [-0.15, -0.1) is 0 Å². The highest BCUT2D eigenvalue weighted by Gasteiger charge is 2.21. The van der Waals surface area contributed by atoms with Crippen molar-refractivity contribution >= 4 is 39.6 Å². The van der Waals surface area contributed by atoms with Crippen molar-refractivity contribution in [1.29, 1.82) is 0 Å². The summed E-state index contributed by atoms with van der Waals surface area (Å²) in [5.74, 6) is -0.479. The number of carbonyl (C=O) groups is 2. The number of thioether (sulfide) groups is 1. The molecule has 2 N–H and O–H groups in total. The van der Waals surface area contributed by atoms with Crippen LogP contribution in [0.15, 0.2) is 28.7 Å². The van der Waals surface area contributed by atoms with Gasteiger partial charge in [0.2, 0.25) is 5.91 Å². The van der Waals surface area contributed by atoms with Crippen molar-refractivity contribution in [3.8, 4) is 0 Å². The van der Waals surface area contributed by atoms with E-state index in [2.05, 4.69) is 21.2 Å². The number of carboxylic acids is 1. The molecule has 0 bridgehead atoms. The van der Waals surface area contributed by atoms with Crippen LogP contribution < -0.4 is 5.32 Å². The monoisotopic (exact) mass is 359 g/mol. The van der Waals surface area contributed by atoms with Crippen LogP contribution >= 0.6 is 27.7 Å². The Morgan fingerprint density at radius 2 is 1.95 bits per heavy atom. The van der Waals surface area contributed by atoms with Gasteiger partial charge < -0.3 is 10.4 Å². The molecule has 0 aliphatic carbocycles. The van der Waals surface area contributed by atoms with Crippen LogP contribution in [-0.4, -0.2) is 29.0 Å². The van der Waals surface area contributed by atoms with Gasteiger partial charge in [0.25, 0.3) is 0 Å². The Labute approximate surface area is 131 Å². The van der Waals surface area contributed by atoms with Gasteiger partial charge in [-0.25, -0.2) is 0 Å². The van der Waals surface area contributed by atoms with Crippen LogP contribution in [0, 0.1) is 5.92 Å². The van der Waals surface area contributed by atoms with Gasteiger partial charge in [0.1, 0.15) is 0 Å². The normalized spacial score (nSPS) is 13.6. The molecule has 0 heterocycles. The highest BCUT2D eigenvalue weighted by Crippen LogP contribution is 2.20. The minimum absolute atomic E-state index is 0.117. The Balaban J connectivity index is 2.81. The fourth-order valence-corrected chi connectivity index (χ4v) is 2.68. The third-order valence-corrected chi connectivity index (χ3v) is 4.19. The first kappa shape index (κ1) is 17.0. The molecular weight excluding hydrogens is 342 g/mol. The third kappa shape index (κ3) is 5.54. The van der Waals surface area contributed by atoms with Crippen molar-refractivity contribution in [3.63, 3.8) is 0 Å². The van der Waals surface area contributed by atoms with Crippen molar-refractivity contribution in [1.82, 2.24) is 5.32 Å². The molecule has 1 aromatic carbocycles. The molecule has 2 atom stereocenters. The summed E-state index contributed by atoms with van der Waals surface area (Å²) < 4.78 is 0.914. The zero-order chi connectivity index (χ0) is 15.1. The molecule has 1 rings (SSSR count). The van der Waals surface area contributed by atoms with E-state index in [0.717, 1.165) is 10.0 Å². The second-order valence-electron chi connectivity index (χ2n) is 4.57. The van der Waals surface area contributed by atoms with E-state index >= 15 is 0 Å². The number of hydrogen-bond acceptors (Lipinski definition) is 3. The van der Waals surface area contributed by atoms with E-state index in [1.165, 1.54) is 0 Å². The number of carboxylic acid groups (broad SMARTS) is 1. The molecule has 1 amide bonds. The summed E-state index contributed by atoms with van der Waals surface area (Å²) in [5, 5.41) is 11.8. The lowest BCUT2D eigenvalue weighted by molar-refractivity contribution is -0.137. The average Bonchev–Trinajstić information content (AvgIpc) is 2.38. The van der Waals surface area contributed by atoms with Gasteiger partial charge in [-0.3, -0.25) is 9.59 Å². The Morgan fingerprint density at radius 1 is 1.35 bits per heavy atom. The molecule has 0 fully saturated rings. The van der Waals surface area contributed by atoms with E-state index in [-0.39, 0.29) is 18.2 Å². The predicted octanol–water partition coefficient (Wildman–Crippen LogP) is 3.08. The minimum atomic E-state index is -0.935. The van der Waals surface area contributed by atoms with Gasteiger partial charge in [-0.1, -0.05) is 35.0 Å². The number of rotatable bonds is 7. The van der Waals surface area contributed by atoms with Crippen LogP contribution in [0.1, 0.15) is 24.9 Å². The van der Waals surface area contributed by atoms with Gasteiger partial charge in [0.05, 0.1) is 12.5 Å².